The molecule has 10 heteroatoms. The normalized spacial score (nSPS) is 12.8. The van der Waals surface area contributed by atoms with Gasteiger partial charge < -0.3 is 19.2 Å². The summed E-state index contributed by atoms with van der Waals surface area (Å²) in [6, 6.07) is 20.2. The predicted octanol–water partition coefficient (Wildman–Crippen LogP) is 4.48. The van der Waals surface area contributed by atoms with Crippen molar-refractivity contribution in [1.82, 2.24) is 15.2 Å². The number of carbonyl (C=O) groups excluding carboxylic acids is 1. The number of ether oxygens (including phenoxy) is 1. The first kappa shape index (κ1) is 26.5. The third-order valence-electron chi connectivity index (χ3n) is 6.17. The number of amides is 1. The van der Waals surface area contributed by atoms with Gasteiger partial charge in [-0.2, -0.15) is 8.42 Å². The average molecular weight is 542 g/mol. The molecule has 2 heterocycles. The Balaban J connectivity index is 0.00000320. The Bertz CT molecular complexity index is 1570. The summed E-state index contributed by atoms with van der Waals surface area (Å²) < 4.78 is 34.3. The van der Waals surface area contributed by atoms with E-state index in [1.165, 1.54) is 18.2 Å². The topological polar surface area (TPSA) is 101 Å². The van der Waals surface area contributed by atoms with E-state index in [4.69, 9.17) is 8.92 Å². The molecule has 2 N–H and O–H groups in total. The molecule has 1 aliphatic heterocycles. The van der Waals surface area contributed by atoms with Gasteiger partial charge in [-0.15, -0.1) is 12.4 Å². The van der Waals surface area contributed by atoms with E-state index in [9.17, 15) is 13.2 Å². The second-order valence-corrected chi connectivity index (χ2v) is 10.6. The Morgan fingerprint density at radius 1 is 1.00 bits per heavy atom. The SMILES string of the molecule is COc1cc(-c2cc3cc(CN(C)Cc4ccccc4)ccc3[nH]2)c2c(c1OS(C)(=O)=O)CNC2=O.Cl. The summed E-state index contributed by atoms with van der Waals surface area (Å²) in [6.45, 7) is 1.79. The predicted molar refractivity (Wildman–Crippen MR) is 146 cm³/mol. The lowest BCUT2D eigenvalue weighted by Gasteiger charge is -2.16. The summed E-state index contributed by atoms with van der Waals surface area (Å²) in [4.78, 5) is 18.4. The van der Waals surface area contributed by atoms with Gasteiger partial charge in [-0.05, 0) is 42.4 Å². The van der Waals surface area contributed by atoms with E-state index in [0.29, 0.717) is 16.7 Å². The number of rotatable bonds is 8. The standard InChI is InChI=1S/C27H27N3O5S.ClH/c1-30(15-17-7-5-4-6-8-17)16-18-9-10-22-19(11-18)12-23(29-22)20-13-24(34-2)26(35-36(3,32)33)21-14-28-27(31)25(20)21;/h4-13,29H,14-16H2,1-3H3,(H,28,31);1H. The second-order valence-electron chi connectivity index (χ2n) is 9.04. The van der Waals surface area contributed by atoms with Crippen LogP contribution in [0, 0.1) is 0 Å². The first-order valence-electron chi connectivity index (χ1n) is 11.5. The van der Waals surface area contributed by atoms with Crippen LogP contribution in [0.15, 0.2) is 60.7 Å². The van der Waals surface area contributed by atoms with Crippen LogP contribution in [0.4, 0.5) is 0 Å². The molecule has 0 bridgehead atoms. The van der Waals surface area contributed by atoms with Crippen molar-refractivity contribution in [2.24, 2.45) is 0 Å². The molecule has 4 aromatic rings. The van der Waals surface area contributed by atoms with Gasteiger partial charge in [0.15, 0.2) is 11.5 Å². The van der Waals surface area contributed by atoms with Crippen LogP contribution in [-0.2, 0) is 29.8 Å². The highest BCUT2D eigenvalue weighted by Gasteiger charge is 2.31. The molecule has 1 amide bonds. The first-order valence-corrected chi connectivity index (χ1v) is 13.3. The number of hydrogen-bond donors (Lipinski definition) is 2. The largest absolute Gasteiger partial charge is 0.493 e. The molecule has 8 nitrogen and oxygen atoms in total. The molecule has 0 atom stereocenters. The molecule has 0 saturated heterocycles. The molecule has 0 spiro atoms. The van der Waals surface area contributed by atoms with E-state index in [1.807, 2.05) is 30.3 Å². The maximum Gasteiger partial charge on any atom is 0.306 e. The fourth-order valence-electron chi connectivity index (χ4n) is 4.67. The minimum atomic E-state index is -3.81. The molecule has 1 aromatic heterocycles. The van der Waals surface area contributed by atoms with Gasteiger partial charge >= 0.3 is 10.1 Å². The van der Waals surface area contributed by atoms with E-state index in [2.05, 4.69) is 46.5 Å². The summed E-state index contributed by atoms with van der Waals surface area (Å²) in [5, 5.41) is 3.78. The van der Waals surface area contributed by atoms with Crippen molar-refractivity contribution in [2.45, 2.75) is 19.6 Å². The highest BCUT2D eigenvalue weighted by molar-refractivity contribution is 7.86. The molecule has 5 rings (SSSR count). The fraction of sp³-hybridized carbons (Fsp3) is 0.222. The van der Waals surface area contributed by atoms with Gasteiger partial charge in [0.1, 0.15) is 0 Å². The number of hydrogen-bond acceptors (Lipinski definition) is 6. The molecular formula is C27H28ClN3O5S. The van der Waals surface area contributed by atoms with Crippen LogP contribution in [0.25, 0.3) is 22.2 Å². The van der Waals surface area contributed by atoms with Crippen LogP contribution >= 0.6 is 12.4 Å². The number of fused-ring (bicyclic) bond motifs is 2. The maximum atomic E-state index is 12.7. The fourth-order valence-corrected chi connectivity index (χ4v) is 5.16. The lowest BCUT2D eigenvalue weighted by molar-refractivity contribution is 0.0966. The Labute approximate surface area is 222 Å². The van der Waals surface area contributed by atoms with Crippen LogP contribution in [-0.4, -0.2) is 44.6 Å². The lowest BCUT2D eigenvalue weighted by Crippen LogP contribution is -2.17. The molecule has 37 heavy (non-hydrogen) atoms. The summed E-state index contributed by atoms with van der Waals surface area (Å²) in [5.74, 6) is -0.00704. The van der Waals surface area contributed by atoms with Crippen LogP contribution < -0.4 is 14.2 Å². The van der Waals surface area contributed by atoms with Crippen molar-refractivity contribution in [2.75, 3.05) is 20.4 Å². The van der Waals surface area contributed by atoms with Crippen molar-refractivity contribution >= 4 is 39.3 Å². The highest BCUT2D eigenvalue weighted by atomic mass is 35.5. The van der Waals surface area contributed by atoms with Crippen molar-refractivity contribution in [1.29, 1.82) is 0 Å². The number of nitrogens with one attached hydrogen (secondary N) is 2. The zero-order valence-electron chi connectivity index (χ0n) is 20.7. The highest BCUT2D eigenvalue weighted by Crippen LogP contribution is 2.43. The van der Waals surface area contributed by atoms with Crippen LogP contribution in [0.2, 0.25) is 0 Å². The van der Waals surface area contributed by atoms with Gasteiger partial charge in [0.25, 0.3) is 5.91 Å². The van der Waals surface area contributed by atoms with Gasteiger partial charge in [0.2, 0.25) is 0 Å². The first-order chi connectivity index (χ1) is 17.2. The van der Waals surface area contributed by atoms with E-state index in [-0.39, 0.29) is 36.4 Å². The van der Waals surface area contributed by atoms with Crippen LogP contribution in [0.5, 0.6) is 11.5 Å². The molecule has 0 unspecified atom stereocenters. The summed E-state index contributed by atoms with van der Waals surface area (Å²) in [5.41, 5.74) is 5.56. The van der Waals surface area contributed by atoms with Gasteiger partial charge in [-0.1, -0.05) is 36.4 Å². The van der Waals surface area contributed by atoms with Crippen LogP contribution in [0.3, 0.4) is 0 Å². The van der Waals surface area contributed by atoms with Crippen molar-refractivity contribution < 1.29 is 22.1 Å². The monoisotopic (exact) mass is 541 g/mol. The Hall–Kier alpha value is -3.53. The number of halogens is 1. The number of carbonyl (C=O) groups is 1. The zero-order valence-corrected chi connectivity index (χ0v) is 22.3. The quantitative estimate of drug-likeness (QED) is 0.319. The van der Waals surface area contributed by atoms with Gasteiger partial charge in [0.05, 0.1) is 18.9 Å². The zero-order chi connectivity index (χ0) is 25.4. The van der Waals surface area contributed by atoms with Gasteiger partial charge in [-0.25, -0.2) is 0 Å². The Morgan fingerprint density at radius 2 is 1.73 bits per heavy atom. The Kier molecular flexibility index (Phi) is 7.49. The van der Waals surface area contributed by atoms with E-state index >= 15 is 0 Å². The van der Waals surface area contributed by atoms with Crippen molar-refractivity contribution in [3.8, 4) is 22.8 Å². The minimum absolute atomic E-state index is 0. The van der Waals surface area contributed by atoms with Gasteiger partial charge in [0, 0.05) is 47.4 Å². The van der Waals surface area contributed by atoms with E-state index in [0.717, 1.165) is 35.9 Å². The second kappa shape index (κ2) is 10.5. The molecule has 0 fully saturated rings. The summed E-state index contributed by atoms with van der Waals surface area (Å²) >= 11 is 0. The molecular weight excluding hydrogens is 514 g/mol. The number of aromatic amines is 1. The third-order valence-corrected chi connectivity index (χ3v) is 6.64. The molecule has 0 saturated carbocycles. The number of nitrogens with zero attached hydrogens (tertiary/aromatic N) is 1. The molecule has 0 aliphatic carbocycles. The Morgan fingerprint density at radius 3 is 2.43 bits per heavy atom. The number of H-pyrrole nitrogens is 1. The van der Waals surface area contributed by atoms with Crippen molar-refractivity contribution in [3.05, 3.63) is 82.9 Å². The molecule has 3 aromatic carbocycles. The summed E-state index contributed by atoms with van der Waals surface area (Å²) in [7, 11) is -0.282. The lowest BCUT2D eigenvalue weighted by atomic mass is 9.98. The molecule has 0 radical (unpaired) electrons. The van der Waals surface area contributed by atoms with Gasteiger partial charge in [-0.3, -0.25) is 9.69 Å². The van der Waals surface area contributed by atoms with Crippen molar-refractivity contribution in [3.63, 3.8) is 0 Å². The number of methoxy groups -OCH3 is 1. The third kappa shape index (κ3) is 5.58. The molecule has 1 aliphatic rings. The average Bonchev–Trinajstić information content (AvgIpc) is 3.42. The van der Waals surface area contributed by atoms with E-state index < -0.39 is 10.1 Å². The maximum absolute atomic E-state index is 12.7. The smallest absolute Gasteiger partial charge is 0.306 e. The summed E-state index contributed by atoms with van der Waals surface area (Å²) in [6.07, 6.45) is 0.962. The van der Waals surface area contributed by atoms with Crippen LogP contribution in [0.1, 0.15) is 27.0 Å². The minimum Gasteiger partial charge on any atom is -0.493 e. The number of benzene rings is 3. The number of aromatic nitrogens is 1. The molecule has 194 valence electrons. The van der Waals surface area contributed by atoms with E-state index in [1.54, 1.807) is 6.07 Å².